The van der Waals surface area contributed by atoms with Gasteiger partial charge in [-0.1, -0.05) is 102 Å². The number of benzene rings is 6. The van der Waals surface area contributed by atoms with Crippen LogP contribution in [0.5, 0.6) is 0 Å². The van der Waals surface area contributed by atoms with Crippen LogP contribution in [0, 0.1) is 0 Å². The lowest BCUT2D eigenvalue weighted by molar-refractivity contribution is -0.137. The molecule has 0 atom stereocenters. The van der Waals surface area contributed by atoms with Crippen molar-refractivity contribution in [1.29, 1.82) is 0 Å². The highest BCUT2D eigenvalue weighted by Gasteiger charge is 2.37. The molecule has 0 amide bonds. The monoisotopic (exact) mass is 732 g/mol. The Morgan fingerprint density at radius 2 is 0.852 bits per heavy atom. The maximum absolute atomic E-state index is 15.4. The van der Waals surface area contributed by atoms with Crippen LogP contribution in [-0.4, -0.2) is 9.13 Å². The molecule has 0 saturated heterocycles. The molecule has 2 aromatic heterocycles. The second-order valence-electron chi connectivity index (χ2n) is 16.1. The van der Waals surface area contributed by atoms with Crippen LogP contribution in [0.4, 0.5) is 26.3 Å². The molecule has 0 fully saturated rings. The summed E-state index contributed by atoms with van der Waals surface area (Å²) < 4.78 is 92.0. The topological polar surface area (TPSA) is 9.86 Å². The average Bonchev–Trinajstić information content (AvgIpc) is 3.62. The van der Waals surface area contributed by atoms with Gasteiger partial charge in [-0.3, -0.25) is 0 Å². The summed E-state index contributed by atoms with van der Waals surface area (Å²) in [5.41, 5.74) is 2.78. The molecule has 2 heterocycles. The molecule has 0 saturated carbocycles. The summed E-state index contributed by atoms with van der Waals surface area (Å²) in [6.45, 7) is 12.7. The van der Waals surface area contributed by atoms with Crippen LogP contribution in [0.25, 0.3) is 66.1 Å². The summed E-state index contributed by atoms with van der Waals surface area (Å²) in [5, 5.41) is 3.58. The van der Waals surface area contributed by atoms with E-state index in [1.807, 2.05) is 81.9 Å². The number of hydrogen-bond donors (Lipinski definition) is 0. The predicted molar refractivity (Wildman–Crippen MR) is 208 cm³/mol. The van der Waals surface area contributed by atoms with Gasteiger partial charge in [-0.25, -0.2) is 0 Å². The molecule has 0 unspecified atom stereocenters. The summed E-state index contributed by atoms with van der Waals surface area (Å²) in [5.74, 6) is 0. The van der Waals surface area contributed by atoms with Crippen LogP contribution < -0.4 is 0 Å². The number of para-hydroxylation sites is 2. The molecule has 8 heteroatoms. The van der Waals surface area contributed by atoms with Crippen molar-refractivity contribution in [2.75, 3.05) is 0 Å². The van der Waals surface area contributed by atoms with Crippen LogP contribution in [0.1, 0.15) is 63.8 Å². The first-order valence-corrected chi connectivity index (χ1v) is 17.8. The van der Waals surface area contributed by atoms with Crippen LogP contribution in [0.3, 0.4) is 0 Å². The van der Waals surface area contributed by atoms with E-state index in [0.29, 0.717) is 16.7 Å². The Labute approximate surface area is 309 Å². The van der Waals surface area contributed by atoms with Crippen LogP contribution in [-0.2, 0) is 23.2 Å². The fourth-order valence-corrected chi connectivity index (χ4v) is 7.67. The Morgan fingerprint density at radius 3 is 1.31 bits per heavy atom. The molecule has 54 heavy (non-hydrogen) atoms. The minimum atomic E-state index is -4.91. The van der Waals surface area contributed by atoms with Gasteiger partial charge >= 0.3 is 12.4 Å². The first-order valence-electron chi connectivity index (χ1n) is 17.8. The van der Waals surface area contributed by atoms with Gasteiger partial charge in [-0.15, -0.1) is 0 Å². The summed E-state index contributed by atoms with van der Waals surface area (Å²) >= 11 is 0. The Hall–Kier alpha value is -5.50. The molecule has 6 aromatic carbocycles. The quantitative estimate of drug-likeness (QED) is 0.160. The second kappa shape index (κ2) is 12.0. The van der Waals surface area contributed by atoms with Crippen molar-refractivity contribution in [1.82, 2.24) is 9.13 Å². The lowest BCUT2D eigenvalue weighted by atomic mass is 9.86. The number of fused-ring (bicyclic) bond motifs is 6. The van der Waals surface area contributed by atoms with Gasteiger partial charge in [0.2, 0.25) is 0 Å². The lowest BCUT2D eigenvalue weighted by Gasteiger charge is -2.23. The average molecular weight is 733 g/mol. The maximum Gasteiger partial charge on any atom is 0.417 e. The second-order valence-corrected chi connectivity index (χ2v) is 16.1. The normalized spacial score (nSPS) is 13.2. The van der Waals surface area contributed by atoms with E-state index < -0.39 is 23.5 Å². The standard InChI is InChI=1S/C46H38F6N2/c1-43(2,3)28-18-20-39-34(23-28)31-14-7-9-16-37(31)53(39)41-25-33(27-12-11-13-30(22-27)45(47,48)49)36(46(50,51)52)26-42(41)54-38-17-10-8-15-32(38)35-24-29(44(4,5)6)19-21-40(35)54/h7-26H,1-6H3. The van der Waals surface area contributed by atoms with Crippen molar-refractivity contribution in [3.05, 3.63) is 144 Å². The number of nitrogens with zero attached hydrogens (tertiary/aromatic N) is 2. The SMILES string of the molecule is CC(C)(C)c1ccc2c(c1)c1ccccc1n2-c1cc(-c2cccc(C(F)(F)F)c2)c(C(F)(F)F)cc1-n1c2ccccc2c2cc(C(C)(C)C)ccc21. The van der Waals surface area contributed by atoms with E-state index in [-0.39, 0.29) is 27.6 Å². The molecule has 0 aliphatic carbocycles. The zero-order chi connectivity index (χ0) is 38.5. The minimum absolute atomic E-state index is 0.178. The summed E-state index contributed by atoms with van der Waals surface area (Å²) in [7, 11) is 0. The van der Waals surface area contributed by atoms with E-state index in [2.05, 4.69) is 53.7 Å². The molecule has 274 valence electrons. The van der Waals surface area contributed by atoms with Gasteiger partial charge in [0.05, 0.1) is 44.6 Å². The maximum atomic E-state index is 15.4. The van der Waals surface area contributed by atoms with Crippen LogP contribution >= 0.6 is 0 Å². The third kappa shape index (κ3) is 5.83. The molecule has 0 spiro atoms. The Bertz CT molecular complexity index is 2760. The Kier molecular flexibility index (Phi) is 7.90. The zero-order valence-electron chi connectivity index (χ0n) is 30.7. The fourth-order valence-electron chi connectivity index (χ4n) is 7.67. The van der Waals surface area contributed by atoms with Crippen molar-refractivity contribution in [2.45, 2.75) is 64.7 Å². The van der Waals surface area contributed by atoms with Crippen molar-refractivity contribution in [3.8, 4) is 22.5 Å². The van der Waals surface area contributed by atoms with Gasteiger partial charge in [-0.05, 0) is 93.7 Å². The van der Waals surface area contributed by atoms with Crippen molar-refractivity contribution in [3.63, 3.8) is 0 Å². The molecule has 0 aliphatic heterocycles. The summed E-state index contributed by atoms with van der Waals surface area (Å²) in [4.78, 5) is 0. The van der Waals surface area contributed by atoms with Gasteiger partial charge in [0.1, 0.15) is 0 Å². The fraction of sp³-hybridized carbons (Fsp3) is 0.217. The van der Waals surface area contributed by atoms with E-state index in [1.165, 1.54) is 12.1 Å². The highest BCUT2D eigenvalue weighted by molar-refractivity contribution is 6.12. The smallest absolute Gasteiger partial charge is 0.307 e. The zero-order valence-corrected chi connectivity index (χ0v) is 30.7. The van der Waals surface area contributed by atoms with Crippen LogP contribution in [0.2, 0.25) is 0 Å². The molecule has 0 N–H and O–H groups in total. The Morgan fingerprint density at radius 1 is 0.389 bits per heavy atom. The summed E-state index contributed by atoms with van der Waals surface area (Å²) in [6.07, 6.45) is -9.65. The van der Waals surface area contributed by atoms with Crippen molar-refractivity contribution in [2.24, 2.45) is 0 Å². The largest absolute Gasteiger partial charge is 0.417 e. The minimum Gasteiger partial charge on any atom is -0.307 e. The third-order valence-electron chi connectivity index (χ3n) is 10.5. The molecule has 0 aliphatic rings. The van der Waals surface area contributed by atoms with E-state index in [4.69, 9.17) is 0 Å². The predicted octanol–water partition coefficient (Wildman–Crippen LogP) is 14.2. The summed E-state index contributed by atoms with van der Waals surface area (Å²) in [6, 6.07) is 34.2. The highest BCUT2D eigenvalue weighted by atomic mass is 19.4. The Balaban J connectivity index is 1.57. The molecule has 0 radical (unpaired) electrons. The number of alkyl halides is 6. The molecule has 2 nitrogen and oxygen atoms in total. The first-order chi connectivity index (χ1) is 25.3. The molecular formula is C46H38F6N2. The van der Waals surface area contributed by atoms with Gasteiger partial charge < -0.3 is 9.13 Å². The van der Waals surface area contributed by atoms with Gasteiger partial charge in [0.25, 0.3) is 0 Å². The van der Waals surface area contributed by atoms with Gasteiger partial charge in [0, 0.05) is 21.5 Å². The van der Waals surface area contributed by atoms with E-state index in [1.54, 1.807) is 0 Å². The van der Waals surface area contributed by atoms with Crippen LogP contribution in [0.15, 0.2) is 121 Å². The number of hydrogen-bond acceptors (Lipinski definition) is 0. The van der Waals surface area contributed by atoms with Gasteiger partial charge in [-0.2, -0.15) is 26.3 Å². The first kappa shape index (κ1) is 35.5. The molecule has 0 bridgehead atoms. The number of aromatic nitrogens is 2. The molecule has 8 aromatic rings. The van der Waals surface area contributed by atoms with E-state index in [9.17, 15) is 13.2 Å². The lowest BCUT2D eigenvalue weighted by Crippen LogP contribution is -2.13. The molecular weight excluding hydrogens is 695 g/mol. The van der Waals surface area contributed by atoms with Crippen molar-refractivity contribution < 1.29 is 26.3 Å². The van der Waals surface area contributed by atoms with Gasteiger partial charge in [0.15, 0.2) is 0 Å². The van der Waals surface area contributed by atoms with Crippen molar-refractivity contribution >= 4 is 43.6 Å². The van der Waals surface area contributed by atoms with E-state index >= 15 is 13.2 Å². The molecule has 8 rings (SSSR count). The number of halogens is 6. The third-order valence-corrected chi connectivity index (χ3v) is 10.5. The highest BCUT2D eigenvalue weighted by Crippen LogP contribution is 2.46. The van der Waals surface area contributed by atoms with E-state index in [0.717, 1.165) is 68.0 Å². The number of rotatable bonds is 3.